The number of anilines is 1. The maximum Gasteiger partial charge on any atom is 0.276 e. The molecule has 0 radical (unpaired) electrons. The van der Waals surface area contributed by atoms with E-state index in [1.54, 1.807) is 24.8 Å². The van der Waals surface area contributed by atoms with Crippen molar-refractivity contribution in [3.8, 4) is 11.3 Å². The number of amides is 1. The normalized spacial score (nSPS) is 14.3. The Morgan fingerprint density at radius 2 is 1.90 bits per heavy atom. The zero-order chi connectivity index (χ0) is 19.6. The quantitative estimate of drug-likeness (QED) is 0.535. The predicted molar refractivity (Wildman–Crippen MR) is 107 cm³/mol. The van der Waals surface area contributed by atoms with E-state index >= 15 is 0 Å². The minimum atomic E-state index is -0.115. The van der Waals surface area contributed by atoms with E-state index in [9.17, 15) is 4.79 Å². The lowest BCUT2D eigenvalue weighted by molar-refractivity contribution is 0.0736. The standard InChI is InChI=1S/C21H18N6O2/c28-21(19-11-20(29-25-19)15-2-1-5-22-12-15)27-8-6-26(7-9-27)17-3-4-18-16(10-17)13-23-14-24-18/h1-5,10-14H,6-9H2. The van der Waals surface area contributed by atoms with Gasteiger partial charge >= 0.3 is 0 Å². The van der Waals surface area contributed by atoms with E-state index in [1.165, 1.54) is 0 Å². The number of hydrogen-bond donors (Lipinski definition) is 0. The van der Waals surface area contributed by atoms with Crippen LogP contribution in [0.25, 0.3) is 22.2 Å². The maximum atomic E-state index is 12.8. The van der Waals surface area contributed by atoms with Crippen LogP contribution in [0.2, 0.25) is 0 Å². The molecule has 1 aliphatic heterocycles. The van der Waals surface area contributed by atoms with Crippen molar-refractivity contribution in [3.63, 3.8) is 0 Å². The fourth-order valence-corrected chi connectivity index (χ4v) is 3.52. The Balaban J connectivity index is 1.26. The summed E-state index contributed by atoms with van der Waals surface area (Å²) in [4.78, 5) is 29.3. The number of hydrogen-bond acceptors (Lipinski definition) is 7. The first-order valence-corrected chi connectivity index (χ1v) is 9.39. The van der Waals surface area contributed by atoms with Gasteiger partial charge in [0.2, 0.25) is 0 Å². The Morgan fingerprint density at radius 1 is 1.00 bits per heavy atom. The average Bonchev–Trinajstić information content (AvgIpc) is 3.29. The number of carbonyl (C=O) groups excluding carboxylic acids is 1. The molecule has 4 heterocycles. The molecule has 4 aromatic rings. The van der Waals surface area contributed by atoms with E-state index in [0.717, 1.165) is 35.2 Å². The maximum absolute atomic E-state index is 12.8. The van der Waals surface area contributed by atoms with Gasteiger partial charge in [0.05, 0.1) is 5.52 Å². The number of piperazine rings is 1. The van der Waals surface area contributed by atoms with E-state index in [0.29, 0.717) is 24.5 Å². The van der Waals surface area contributed by atoms with Crippen LogP contribution in [0.4, 0.5) is 5.69 Å². The molecule has 1 saturated heterocycles. The minimum absolute atomic E-state index is 0.115. The molecule has 5 rings (SSSR count). The Labute approximate surface area is 166 Å². The van der Waals surface area contributed by atoms with Gasteiger partial charge in [-0.15, -0.1) is 0 Å². The zero-order valence-electron chi connectivity index (χ0n) is 15.6. The van der Waals surface area contributed by atoms with Crippen molar-refractivity contribution in [2.45, 2.75) is 0 Å². The molecule has 0 saturated carbocycles. The summed E-state index contributed by atoms with van der Waals surface area (Å²) < 4.78 is 5.33. The van der Waals surface area contributed by atoms with Gasteiger partial charge in [-0.2, -0.15) is 0 Å². The highest BCUT2D eigenvalue weighted by molar-refractivity contribution is 5.93. The van der Waals surface area contributed by atoms with Crippen molar-refractivity contribution in [1.82, 2.24) is 25.0 Å². The molecule has 29 heavy (non-hydrogen) atoms. The van der Waals surface area contributed by atoms with Crippen LogP contribution in [-0.2, 0) is 0 Å². The van der Waals surface area contributed by atoms with Gasteiger partial charge in [0.1, 0.15) is 6.33 Å². The molecule has 1 aromatic carbocycles. The van der Waals surface area contributed by atoms with Gasteiger partial charge in [0.15, 0.2) is 11.5 Å². The molecule has 0 bridgehead atoms. The Morgan fingerprint density at radius 3 is 2.72 bits per heavy atom. The Bertz CT molecular complexity index is 1150. The first-order valence-electron chi connectivity index (χ1n) is 9.39. The van der Waals surface area contributed by atoms with Gasteiger partial charge in [-0.3, -0.25) is 9.78 Å². The van der Waals surface area contributed by atoms with Crippen LogP contribution < -0.4 is 4.90 Å². The molecule has 0 aliphatic carbocycles. The van der Waals surface area contributed by atoms with Crippen molar-refractivity contribution in [3.05, 3.63) is 67.0 Å². The van der Waals surface area contributed by atoms with Crippen molar-refractivity contribution in [2.75, 3.05) is 31.1 Å². The van der Waals surface area contributed by atoms with Crippen molar-refractivity contribution >= 4 is 22.5 Å². The molecule has 0 unspecified atom stereocenters. The summed E-state index contributed by atoms with van der Waals surface area (Å²) >= 11 is 0. The third-order valence-corrected chi connectivity index (χ3v) is 5.10. The van der Waals surface area contributed by atoms with Crippen molar-refractivity contribution < 1.29 is 9.32 Å². The molecule has 144 valence electrons. The van der Waals surface area contributed by atoms with E-state index in [2.05, 4.69) is 37.1 Å². The van der Waals surface area contributed by atoms with Crippen LogP contribution in [0.15, 0.2) is 65.8 Å². The number of pyridine rings is 1. The number of carbonyl (C=O) groups is 1. The van der Waals surface area contributed by atoms with Gasteiger partial charge in [-0.05, 0) is 30.3 Å². The van der Waals surface area contributed by atoms with E-state index < -0.39 is 0 Å². The second-order valence-corrected chi connectivity index (χ2v) is 6.86. The van der Waals surface area contributed by atoms with Gasteiger partial charge in [-0.1, -0.05) is 5.16 Å². The fourth-order valence-electron chi connectivity index (χ4n) is 3.52. The average molecular weight is 386 g/mol. The fraction of sp³-hybridized carbons (Fsp3) is 0.190. The Hall–Kier alpha value is -3.81. The SMILES string of the molecule is O=C(c1cc(-c2cccnc2)on1)N1CCN(c2ccc3ncncc3c2)CC1. The summed E-state index contributed by atoms with van der Waals surface area (Å²) in [7, 11) is 0. The largest absolute Gasteiger partial charge is 0.368 e. The molecule has 0 atom stereocenters. The lowest BCUT2D eigenvalue weighted by atomic mass is 10.2. The molecule has 0 N–H and O–H groups in total. The monoisotopic (exact) mass is 386 g/mol. The minimum Gasteiger partial charge on any atom is -0.368 e. The molecule has 1 fully saturated rings. The topological polar surface area (TPSA) is 88.3 Å². The van der Waals surface area contributed by atoms with Crippen LogP contribution in [0.3, 0.4) is 0 Å². The highest BCUT2D eigenvalue weighted by Gasteiger charge is 2.25. The molecule has 1 amide bonds. The summed E-state index contributed by atoms with van der Waals surface area (Å²) in [5.41, 5.74) is 3.15. The highest BCUT2D eigenvalue weighted by atomic mass is 16.5. The summed E-state index contributed by atoms with van der Waals surface area (Å²) in [5.74, 6) is 0.425. The third kappa shape index (κ3) is 3.40. The first-order chi connectivity index (χ1) is 14.3. The number of benzene rings is 1. The lowest BCUT2D eigenvalue weighted by Gasteiger charge is -2.35. The lowest BCUT2D eigenvalue weighted by Crippen LogP contribution is -2.48. The summed E-state index contributed by atoms with van der Waals surface area (Å²) in [6, 6.07) is 11.5. The van der Waals surface area contributed by atoms with Crippen LogP contribution in [0.1, 0.15) is 10.5 Å². The number of nitrogens with zero attached hydrogens (tertiary/aromatic N) is 6. The van der Waals surface area contributed by atoms with E-state index in [4.69, 9.17) is 4.52 Å². The molecule has 8 nitrogen and oxygen atoms in total. The summed E-state index contributed by atoms with van der Waals surface area (Å²) in [5, 5.41) is 4.97. The molecular formula is C21H18N6O2. The van der Waals surface area contributed by atoms with Gasteiger partial charge in [0, 0.05) is 67.5 Å². The number of rotatable bonds is 3. The first kappa shape index (κ1) is 17.3. The molecular weight excluding hydrogens is 368 g/mol. The number of aromatic nitrogens is 4. The van der Waals surface area contributed by atoms with Gasteiger partial charge in [0.25, 0.3) is 5.91 Å². The van der Waals surface area contributed by atoms with Crippen molar-refractivity contribution in [1.29, 1.82) is 0 Å². The van der Waals surface area contributed by atoms with Crippen LogP contribution >= 0.6 is 0 Å². The highest BCUT2D eigenvalue weighted by Crippen LogP contribution is 2.23. The predicted octanol–water partition coefficient (Wildman–Crippen LogP) is 2.64. The van der Waals surface area contributed by atoms with E-state index in [1.807, 2.05) is 29.3 Å². The molecule has 1 aliphatic rings. The third-order valence-electron chi connectivity index (χ3n) is 5.10. The van der Waals surface area contributed by atoms with E-state index in [-0.39, 0.29) is 5.91 Å². The van der Waals surface area contributed by atoms with Crippen LogP contribution in [0.5, 0.6) is 0 Å². The van der Waals surface area contributed by atoms with Gasteiger partial charge in [-0.25, -0.2) is 9.97 Å². The van der Waals surface area contributed by atoms with Gasteiger partial charge < -0.3 is 14.3 Å². The summed E-state index contributed by atoms with van der Waals surface area (Å²) in [6.07, 6.45) is 6.74. The summed E-state index contributed by atoms with van der Waals surface area (Å²) in [6.45, 7) is 2.74. The second kappa shape index (κ2) is 7.31. The second-order valence-electron chi connectivity index (χ2n) is 6.86. The molecule has 3 aromatic heterocycles. The van der Waals surface area contributed by atoms with Crippen LogP contribution in [-0.4, -0.2) is 57.1 Å². The smallest absolute Gasteiger partial charge is 0.276 e. The van der Waals surface area contributed by atoms with Crippen molar-refractivity contribution in [2.24, 2.45) is 0 Å². The van der Waals surface area contributed by atoms with Crippen LogP contribution in [0, 0.1) is 0 Å². The zero-order valence-corrected chi connectivity index (χ0v) is 15.6. The Kier molecular flexibility index (Phi) is 4.36. The molecule has 0 spiro atoms. The molecule has 8 heteroatoms. The number of fused-ring (bicyclic) bond motifs is 1.